The third-order valence-corrected chi connectivity index (χ3v) is 4.54. The van der Waals surface area contributed by atoms with Gasteiger partial charge in [0.15, 0.2) is 12.4 Å². The van der Waals surface area contributed by atoms with Crippen LogP contribution in [0.5, 0.6) is 0 Å². The highest BCUT2D eigenvalue weighted by Gasteiger charge is 2.26. The molecule has 3 rings (SSSR count). The lowest BCUT2D eigenvalue weighted by Crippen LogP contribution is -2.14. The number of rotatable bonds is 4. The molecule has 11 heteroatoms. The third-order valence-electron chi connectivity index (χ3n) is 3.62. The molecule has 27 heavy (non-hydrogen) atoms. The molecule has 1 aromatic heterocycles. The van der Waals surface area contributed by atoms with Crippen molar-refractivity contribution in [2.75, 3.05) is 0 Å². The summed E-state index contributed by atoms with van der Waals surface area (Å²) < 4.78 is 96.1. The first kappa shape index (κ1) is 19.0. The van der Waals surface area contributed by atoms with Crippen LogP contribution in [0.25, 0.3) is 22.4 Å². The van der Waals surface area contributed by atoms with E-state index in [-0.39, 0.29) is 11.3 Å². The zero-order valence-corrected chi connectivity index (χ0v) is 14.0. The van der Waals surface area contributed by atoms with Crippen molar-refractivity contribution in [2.24, 2.45) is 5.14 Å². The number of halogens is 5. The Hall–Kier alpha value is -2.79. The van der Waals surface area contributed by atoms with Gasteiger partial charge in [-0.1, -0.05) is 5.16 Å². The standard InChI is InChI=1S/C16H9F5N2O3S/c17-6-13-15(10-4-12(21)14(5-11(10)20)27(22,24)25)16(23-26-13)7-1-8(18)3-9(19)2-7/h1-5H,6H2,(H2,22,24,25). The third kappa shape index (κ3) is 3.55. The van der Waals surface area contributed by atoms with Crippen LogP contribution in [0.3, 0.4) is 0 Å². The SMILES string of the molecule is NS(=O)(=O)c1cc(F)c(-c2c(-c3cc(F)cc(F)c3)noc2CF)cc1F. The molecule has 3 aromatic rings. The van der Waals surface area contributed by atoms with Gasteiger partial charge in [-0.15, -0.1) is 0 Å². The Morgan fingerprint density at radius 2 is 1.59 bits per heavy atom. The van der Waals surface area contributed by atoms with E-state index in [9.17, 15) is 30.4 Å². The largest absolute Gasteiger partial charge is 0.357 e. The van der Waals surface area contributed by atoms with Gasteiger partial charge in [-0.2, -0.15) is 0 Å². The normalized spacial score (nSPS) is 11.8. The van der Waals surface area contributed by atoms with E-state index >= 15 is 0 Å². The molecule has 0 aliphatic heterocycles. The smallest absolute Gasteiger partial charge is 0.241 e. The molecule has 0 aliphatic rings. The molecular formula is C16H9F5N2O3S. The van der Waals surface area contributed by atoms with Gasteiger partial charge in [0.2, 0.25) is 10.0 Å². The van der Waals surface area contributed by atoms with Crippen molar-refractivity contribution < 1.29 is 34.9 Å². The number of primary sulfonamides is 1. The molecule has 0 aliphatic carbocycles. The summed E-state index contributed by atoms with van der Waals surface area (Å²) in [6.07, 6.45) is 0. The Bertz CT molecular complexity index is 1120. The highest BCUT2D eigenvalue weighted by Crippen LogP contribution is 2.38. The van der Waals surface area contributed by atoms with Gasteiger partial charge in [0, 0.05) is 17.2 Å². The van der Waals surface area contributed by atoms with Gasteiger partial charge in [0.1, 0.15) is 33.9 Å². The number of aromatic nitrogens is 1. The average Bonchev–Trinajstić information content (AvgIpc) is 2.98. The molecule has 142 valence electrons. The number of alkyl halides is 1. The lowest BCUT2D eigenvalue weighted by atomic mass is 9.98. The Kier molecular flexibility index (Phi) is 4.74. The zero-order chi connectivity index (χ0) is 19.9. The first-order chi connectivity index (χ1) is 12.6. The highest BCUT2D eigenvalue weighted by atomic mass is 32.2. The predicted molar refractivity (Wildman–Crippen MR) is 83.4 cm³/mol. The van der Waals surface area contributed by atoms with E-state index in [1.807, 2.05) is 0 Å². The number of nitrogens with two attached hydrogens (primary N) is 1. The van der Waals surface area contributed by atoms with Gasteiger partial charge in [0.05, 0.1) is 5.56 Å². The van der Waals surface area contributed by atoms with Crippen LogP contribution in [0.4, 0.5) is 22.0 Å². The number of hydrogen-bond acceptors (Lipinski definition) is 4. The molecule has 0 saturated heterocycles. The van der Waals surface area contributed by atoms with Crippen LogP contribution < -0.4 is 5.14 Å². The number of hydrogen-bond donors (Lipinski definition) is 1. The van der Waals surface area contributed by atoms with Gasteiger partial charge in [0.25, 0.3) is 0 Å². The van der Waals surface area contributed by atoms with Crippen LogP contribution >= 0.6 is 0 Å². The van der Waals surface area contributed by atoms with E-state index in [2.05, 4.69) is 5.16 Å². The van der Waals surface area contributed by atoms with E-state index < -0.39 is 61.7 Å². The van der Waals surface area contributed by atoms with Crippen molar-refractivity contribution in [2.45, 2.75) is 11.6 Å². The molecule has 0 fully saturated rings. The molecule has 5 nitrogen and oxygen atoms in total. The van der Waals surface area contributed by atoms with E-state index in [0.29, 0.717) is 18.2 Å². The maximum atomic E-state index is 14.5. The minimum absolute atomic E-state index is 0.221. The van der Waals surface area contributed by atoms with Crippen molar-refractivity contribution in [3.8, 4) is 22.4 Å². The summed E-state index contributed by atoms with van der Waals surface area (Å²) in [5.41, 5.74) is -1.61. The minimum Gasteiger partial charge on any atom is -0.357 e. The molecule has 0 bridgehead atoms. The number of benzene rings is 2. The molecule has 2 aromatic carbocycles. The fourth-order valence-electron chi connectivity index (χ4n) is 2.52. The number of sulfonamides is 1. The first-order valence-electron chi connectivity index (χ1n) is 7.15. The minimum atomic E-state index is -4.56. The fraction of sp³-hybridized carbons (Fsp3) is 0.0625. The van der Waals surface area contributed by atoms with Crippen LogP contribution in [0.2, 0.25) is 0 Å². The van der Waals surface area contributed by atoms with E-state index in [0.717, 1.165) is 12.1 Å². The molecular weight excluding hydrogens is 395 g/mol. The fourth-order valence-corrected chi connectivity index (χ4v) is 3.12. The van der Waals surface area contributed by atoms with Gasteiger partial charge < -0.3 is 4.52 Å². The van der Waals surface area contributed by atoms with Crippen molar-refractivity contribution in [3.63, 3.8) is 0 Å². The van der Waals surface area contributed by atoms with E-state index in [1.165, 1.54) is 0 Å². The topological polar surface area (TPSA) is 86.2 Å². The maximum absolute atomic E-state index is 14.5. The van der Waals surface area contributed by atoms with Gasteiger partial charge in [-0.3, -0.25) is 0 Å². The van der Waals surface area contributed by atoms with Gasteiger partial charge in [-0.05, 0) is 24.3 Å². The predicted octanol–water partition coefficient (Wildman–Crippen LogP) is 3.68. The summed E-state index contributed by atoms with van der Waals surface area (Å²) in [7, 11) is -4.56. The van der Waals surface area contributed by atoms with Crippen LogP contribution in [0.1, 0.15) is 5.76 Å². The molecule has 1 heterocycles. The summed E-state index contributed by atoms with van der Waals surface area (Å²) in [5.74, 6) is -5.21. The number of nitrogens with zero attached hydrogens (tertiary/aromatic N) is 1. The quantitative estimate of drug-likeness (QED) is 0.672. The Morgan fingerprint density at radius 1 is 0.963 bits per heavy atom. The highest BCUT2D eigenvalue weighted by molar-refractivity contribution is 7.89. The molecule has 0 radical (unpaired) electrons. The van der Waals surface area contributed by atoms with Crippen molar-refractivity contribution in [1.82, 2.24) is 5.16 Å². The van der Waals surface area contributed by atoms with Gasteiger partial charge in [-0.25, -0.2) is 35.5 Å². The van der Waals surface area contributed by atoms with Crippen LogP contribution in [-0.4, -0.2) is 13.6 Å². The second-order valence-electron chi connectivity index (χ2n) is 5.43. The Balaban J connectivity index is 2.29. The summed E-state index contributed by atoms with van der Waals surface area (Å²) >= 11 is 0. The van der Waals surface area contributed by atoms with Crippen LogP contribution in [0, 0.1) is 23.3 Å². The van der Waals surface area contributed by atoms with E-state index in [1.54, 1.807) is 0 Å². The molecule has 2 N–H and O–H groups in total. The van der Waals surface area contributed by atoms with Gasteiger partial charge >= 0.3 is 0 Å². The summed E-state index contributed by atoms with van der Waals surface area (Å²) in [5, 5.41) is 8.27. The van der Waals surface area contributed by atoms with Crippen LogP contribution in [-0.2, 0) is 16.7 Å². The zero-order valence-electron chi connectivity index (χ0n) is 13.1. The lowest BCUT2D eigenvalue weighted by Gasteiger charge is -2.08. The maximum Gasteiger partial charge on any atom is 0.241 e. The van der Waals surface area contributed by atoms with Crippen molar-refractivity contribution in [1.29, 1.82) is 0 Å². The monoisotopic (exact) mass is 404 g/mol. The summed E-state index contributed by atoms with van der Waals surface area (Å²) in [4.78, 5) is -1.11. The van der Waals surface area contributed by atoms with Crippen molar-refractivity contribution >= 4 is 10.0 Å². The molecule has 0 amide bonds. The molecule has 0 saturated carbocycles. The summed E-state index contributed by atoms with van der Waals surface area (Å²) in [6.45, 7) is -1.29. The Morgan fingerprint density at radius 3 is 2.15 bits per heavy atom. The summed E-state index contributed by atoms with van der Waals surface area (Å²) in [6, 6.07) is 3.00. The second kappa shape index (κ2) is 6.74. The molecule has 0 unspecified atom stereocenters. The first-order valence-corrected chi connectivity index (χ1v) is 8.69. The lowest BCUT2D eigenvalue weighted by molar-refractivity contribution is 0.332. The second-order valence-corrected chi connectivity index (χ2v) is 6.96. The molecule has 0 atom stereocenters. The van der Waals surface area contributed by atoms with Crippen LogP contribution in [0.15, 0.2) is 39.8 Å². The molecule has 0 spiro atoms. The average molecular weight is 404 g/mol. The van der Waals surface area contributed by atoms with Crippen molar-refractivity contribution in [3.05, 3.63) is 59.4 Å². The van der Waals surface area contributed by atoms with E-state index in [4.69, 9.17) is 9.66 Å². The Labute approximate surface area is 149 Å².